The summed E-state index contributed by atoms with van der Waals surface area (Å²) in [6.07, 6.45) is 1.50. The maximum Gasteiger partial charge on any atom is 0.272 e. The highest BCUT2D eigenvalue weighted by Crippen LogP contribution is 2.31. The Hall–Kier alpha value is -4.26. The zero-order valence-corrected chi connectivity index (χ0v) is 24.1. The summed E-state index contributed by atoms with van der Waals surface area (Å²) in [4.78, 5) is 47.3. The molecule has 1 heterocycles. The summed E-state index contributed by atoms with van der Waals surface area (Å²) in [5, 5.41) is 2.95. The van der Waals surface area contributed by atoms with Crippen molar-refractivity contribution in [3.8, 4) is 0 Å². The average molecular weight is 553 g/mol. The molecule has 3 aromatic carbocycles. The molecule has 3 N–H and O–H groups in total. The van der Waals surface area contributed by atoms with Crippen molar-refractivity contribution in [2.24, 2.45) is 28.5 Å². The minimum atomic E-state index is -1.18. The number of para-hydroxylation sites is 1. The van der Waals surface area contributed by atoms with E-state index < -0.39 is 23.9 Å². The van der Waals surface area contributed by atoms with Crippen molar-refractivity contribution < 1.29 is 14.4 Å². The van der Waals surface area contributed by atoms with Crippen LogP contribution in [0.2, 0.25) is 0 Å². The Morgan fingerprint density at radius 1 is 0.927 bits per heavy atom. The maximum atomic E-state index is 14.3. The van der Waals surface area contributed by atoms with Gasteiger partial charge in [0, 0.05) is 23.0 Å². The smallest absolute Gasteiger partial charge is 0.272 e. The number of benzodiazepines with no additional fused rings is 1. The Morgan fingerprint density at radius 2 is 1.56 bits per heavy atom. The van der Waals surface area contributed by atoms with Gasteiger partial charge in [-0.15, -0.1) is 0 Å². The first-order valence-corrected chi connectivity index (χ1v) is 14.5. The zero-order chi connectivity index (χ0) is 29.4. The Labute approximate surface area is 242 Å². The lowest BCUT2D eigenvalue weighted by Crippen LogP contribution is -2.50. The molecule has 3 unspecified atom stereocenters. The summed E-state index contributed by atoms with van der Waals surface area (Å²) in [5.41, 5.74) is 9.75. The number of amides is 3. The van der Waals surface area contributed by atoms with Gasteiger partial charge in [0.05, 0.1) is 17.9 Å². The van der Waals surface area contributed by atoms with Crippen LogP contribution in [0.25, 0.3) is 0 Å². The summed E-state index contributed by atoms with van der Waals surface area (Å²) in [7, 11) is 0. The molecule has 4 rings (SSSR count). The second-order valence-corrected chi connectivity index (χ2v) is 11.1. The first kappa shape index (κ1) is 29.7. The Kier molecular flexibility index (Phi) is 10.1. The number of unbranched alkanes of at least 4 members (excludes halogenated alkanes) is 1. The summed E-state index contributed by atoms with van der Waals surface area (Å²) in [6.45, 7) is 6.38. The molecule has 0 aliphatic carbocycles. The molecule has 0 spiro atoms. The second kappa shape index (κ2) is 13.9. The van der Waals surface area contributed by atoms with Gasteiger partial charge in [-0.3, -0.25) is 14.4 Å². The van der Waals surface area contributed by atoms with Gasteiger partial charge in [-0.05, 0) is 30.4 Å². The number of rotatable bonds is 12. The molecule has 41 heavy (non-hydrogen) atoms. The van der Waals surface area contributed by atoms with E-state index >= 15 is 0 Å². The van der Waals surface area contributed by atoms with E-state index in [1.54, 1.807) is 4.90 Å². The van der Waals surface area contributed by atoms with Gasteiger partial charge < -0.3 is 16.0 Å². The van der Waals surface area contributed by atoms with Crippen molar-refractivity contribution >= 4 is 29.1 Å². The predicted octanol–water partition coefficient (Wildman–Crippen LogP) is 5.47. The van der Waals surface area contributed by atoms with Crippen LogP contribution in [0.4, 0.5) is 5.69 Å². The fraction of sp³-hybridized carbons (Fsp3) is 0.353. The lowest BCUT2D eigenvalue weighted by molar-refractivity contribution is -0.136. The number of primary amides is 1. The third kappa shape index (κ3) is 7.28. The number of nitrogens with one attached hydrogen (secondary N) is 1. The zero-order valence-electron chi connectivity index (χ0n) is 24.1. The van der Waals surface area contributed by atoms with E-state index in [-0.39, 0.29) is 17.7 Å². The molecule has 0 radical (unpaired) electrons. The van der Waals surface area contributed by atoms with Crippen molar-refractivity contribution in [2.45, 2.75) is 59.2 Å². The highest BCUT2D eigenvalue weighted by molar-refractivity contribution is 6.20. The first-order valence-electron chi connectivity index (χ1n) is 14.5. The van der Waals surface area contributed by atoms with E-state index in [1.807, 2.05) is 106 Å². The van der Waals surface area contributed by atoms with E-state index in [9.17, 15) is 14.4 Å². The molecule has 3 atom stereocenters. The van der Waals surface area contributed by atoms with Crippen LogP contribution in [0.5, 0.6) is 0 Å². The normalized spacial score (nSPS) is 16.4. The molecule has 0 aromatic heterocycles. The molecular formula is C34H40N4O3. The minimum absolute atomic E-state index is 0.154. The number of fused-ring (bicyclic) bond motifs is 1. The minimum Gasteiger partial charge on any atom is -0.369 e. The topological polar surface area (TPSA) is 105 Å². The van der Waals surface area contributed by atoms with E-state index in [4.69, 9.17) is 10.7 Å². The second-order valence-electron chi connectivity index (χ2n) is 11.1. The summed E-state index contributed by atoms with van der Waals surface area (Å²) < 4.78 is 0. The number of anilines is 1. The monoisotopic (exact) mass is 552 g/mol. The van der Waals surface area contributed by atoms with E-state index in [1.165, 1.54) is 0 Å². The third-order valence-electron chi connectivity index (χ3n) is 7.50. The largest absolute Gasteiger partial charge is 0.369 e. The number of benzene rings is 3. The fourth-order valence-corrected chi connectivity index (χ4v) is 5.45. The van der Waals surface area contributed by atoms with Crippen LogP contribution in [0, 0.1) is 17.8 Å². The lowest BCUT2D eigenvalue weighted by atomic mass is 9.81. The SMILES string of the molecule is CCCCC(C(N)=O)C(CC(C)C)C(=O)NC1N=C(c2ccccc2)c2ccccc2N(Cc2ccccc2)C1=O. The van der Waals surface area contributed by atoms with Gasteiger partial charge in [0.25, 0.3) is 5.91 Å². The van der Waals surface area contributed by atoms with E-state index in [2.05, 4.69) is 5.32 Å². The highest BCUT2D eigenvalue weighted by Gasteiger charge is 2.37. The average Bonchev–Trinajstić information content (AvgIpc) is 3.08. The standard InChI is InChI=1S/C34H40N4O3/c1-4-5-18-26(31(35)39)28(21-23(2)3)33(40)37-32-34(41)38(22-24-14-8-6-9-15-24)29-20-13-12-19-27(29)30(36-32)25-16-10-7-11-17-25/h6-17,19-20,23,26,28,32H,4-5,18,21-22H2,1-3H3,(H2,35,39)(H,37,40). The van der Waals surface area contributed by atoms with Crippen molar-refractivity contribution in [1.29, 1.82) is 0 Å². The number of nitrogens with zero attached hydrogens (tertiary/aromatic N) is 2. The van der Waals surface area contributed by atoms with Gasteiger partial charge >= 0.3 is 0 Å². The van der Waals surface area contributed by atoms with Gasteiger partial charge in [-0.2, -0.15) is 0 Å². The van der Waals surface area contributed by atoms with Crippen molar-refractivity contribution in [2.75, 3.05) is 4.90 Å². The molecule has 7 heteroatoms. The maximum absolute atomic E-state index is 14.3. The summed E-state index contributed by atoms with van der Waals surface area (Å²) in [5.74, 6) is -2.32. The van der Waals surface area contributed by atoms with Crippen LogP contribution >= 0.6 is 0 Å². The highest BCUT2D eigenvalue weighted by atomic mass is 16.2. The molecule has 3 amide bonds. The van der Waals surface area contributed by atoms with Gasteiger partial charge in [0.2, 0.25) is 18.0 Å². The van der Waals surface area contributed by atoms with Gasteiger partial charge in [0.15, 0.2) is 0 Å². The Morgan fingerprint density at radius 3 is 2.20 bits per heavy atom. The van der Waals surface area contributed by atoms with Crippen molar-refractivity contribution in [3.05, 3.63) is 102 Å². The molecule has 0 saturated heterocycles. The summed E-state index contributed by atoms with van der Waals surface area (Å²) in [6, 6.07) is 27.1. The first-order chi connectivity index (χ1) is 19.8. The molecule has 1 aliphatic heterocycles. The van der Waals surface area contributed by atoms with Gasteiger partial charge in [-0.25, -0.2) is 4.99 Å². The van der Waals surface area contributed by atoms with Crippen LogP contribution in [0.3, 0.4) is 0 Å². The third-order valence-corrected chi connectivity index (χ3v) is 7.50. The Bertz CT molecular complexity index is 1370. The molecular weight excluding hydrogens is 512 g/mol. The van der Waals surface area contributed by atoms with Crippen LogP contribution in [-0.2, 0) is 20.9 Å². The molecule has 0 saturated carbocycles. The quantitative estimate of drug-likeness (QED) is 0.311. The number of hydrogen-bond donors (Lipinski definition) is 2. The van der Waals surface area contributed by atoms with Crippen LogP contribution in [-0.4, -0.2) is 29.6 Å². The van der Waals surface area contributed by atoms with E-state index in [0.717, 1.165) is 35.2 Å². The van der Waals surface area contributed by atoms with E-state index in [0.29, 0.717) is 25.1 Å². The lowest BCUT2D eigenvalue weighted by Gasteiger charge is -2.29. The Balaban J connectivity index is 1.78. The number of hydrogen-bond acceptors (Lipinski definition) is 4. The predicted molar refractivity (Wildman–Crippen MR) is 163 cm³/mol. The molecule has 214 valence electrons. The number of carbonyl (C=O) groups excluding carboxylic acids is 3. The molecule has 0 fully saturated rings. The fourth-order valence-electron chi connectivity index (χ4n) is 5.45. The molecule has 1 aliphatic rings. The van der Waals surface area contributed by atoms with Crippen LogP contribution < -0.4 is 16.0 Å². The van der Waals surface area contributed by atoms with Crippen molar-refractivity contribution in [3.63, 3.8) is 0 Å². The van der Waals surface area contributed by atoms with Gasteiger partial charge in [-0.1, -0.05) is 112 Å². The van der Waals surface area contributed by atoms with Crippen molar-refractivity contribution in [1.82, 2.24) is 5.32 Å². The van der Waals surface area contributed by atoms with Gasteiger partial charge in [0.1, 0.15) is 0 Å². The molecule has 0 bridgehead atoms. The number of nitrogens with two attached hydrogens (primary N) is 1. The molecule has 3 aromatic rings. The number of aliphatic imine (C=N–C) groups is 1. The number of carbonyl (C=O) groups is 3. The summed E-state index contributed by atoms with van der Waals surface area (Å²) >= 11 is 0. The molecule has 7 nitrogen and oxygen atoms in total. The van der Waals surface area contributed by atoms with Crippen LogP contribution in [0.1, 0.15) is 63.1 Å². The van der Waals surface area contributed by atoms with Crippen LogP contribution in [0.15, 0.2) is 89.9 Å².